The molecule has 0 bridgehead atoms. The number of halogens is 1. The first kappa shape index (κ1) is 12.0. The van der Waals surface area contributed by atoms with Gasteiger partial charge in [0.1, 0.15) is 11.9 Å². The van der Waals surface area contributed by atoms with E-state index in [-0.39, 0.29) is 5.78 Å². The topological polar surface area (TPSA) is 43.1 Å². The minimum atomic E-state index is -0.713. The Morgan fingerprint density at radius 1 is 1.41 bits per heavy atom. The fourth-order valence-corrected chi connectivity index (χ4v) is 2.35. The molecule has 0 fully saturated rings. The van der Waals surface area contributed by atoms with Crippen LogP contribution in [0.4, 0.5) is 4.39 Å². The summed E-state index contributed by atoms with van der Waals surface area (Å²) in [5.41, 5.74) is 6.96. The first-order chi connectivity index (χ1) is 8.09. The first-order valence-corrected chi connectivity index (χ1v) is 6.07. The van der Waals surface area contributed by atoms with Crippen LogP contribution in [-0.2, 0) is 0 Å². The van der Waals surface area contributed by atoms with E-state index in [1.165, 1.54) is 23.5 Å². The lowest BCUT2D eigenvalue weighted by Gasteiger charge is -2.10. The number of Topliss-reactive ketones (excluding diaryl/α,β-unsaturated/α-hetero) is 1. The van der Waals surface area contributed by atoms with E-state index in [1.54, 1.807) is 13.0 Å². The summed E-state index contributed by atoms with van der Waals surface area (Å²) in [6.45, 7) is 1.77. The molecule has 1 unspecified atom stereocenters. The van der Waals surface area contributed by atoms with Gasteiger partial charge in [-0.15, -0.1) is 11.3 Å². The minimum Gasteiger partial charge on any atom is -0.317 e. The number of thiophene rings is 1. The summed E-state index contributed by atoms with van der Waals surface area (Å²) >= 11 is 1.42. The molecule has 0 radical (unpaired) electrons. The Bertz CT molecular complexity index is 536. The van der Waals surface area contributed by atoms with Crippen molar-refractivity contribution >= 4 is 17.1 Å². The normalized spacial score (nSPS) is 12.4. The van der Waals surface area contributed by atoms with Crippen LogP contribution in [0.1, 0.15) is 26.8 Å². The standard InChI is InChI=1S/C13H12FNOS/c1-8-4-5-9(14)7-10(8)13(16)12(15)11-3-2-6-17-11/h2-7,12H,15H2,1H3. The van der Waals surface area contributed by atoms with Crippen molar-refractivity contribution < 1.29 is 9.18 Å². The number of carbonyl (C=O) groups excluding carboxylic acids is 1. The summed E-state index contributed by atoms with van der Waals surface area (Å²) in [6.07, 6.45) is 0. The molecular weight excluding hydrogens is 237 g/mol. The molecule has 0 spiro atoms. The van der Waals surface area contributed by atoms with Crippen LogP contribution in [0.15, 0.2) is 35.7 Å². The molecule has 17 heavy (non-hydrogen) atoms. The van der Waals surface area contributed by atoms with Crippen molar-refractivity contribution in [2.24, 2.45) is 5.73 Å². The van der Waals surface area contributed by atoms with E-state index >= 15 is 0 Å². The molecule has 4 heteroatoms. The number of aryl methyl sites for hydroxylation is 1. The van der Waals surface area contributed by atoms with Gasteiger partial charge in [-0.1, -0.05) is 12.1 Å². The van der Waals surface area contributed by atoms with Gasteiger partial charge in [-0.25, -0.2) is 4.39 Å². The van der Waals surface area contributed by atoms with E-state index in [2.05, 4.69) is 0 Å². The summed E-state index contributed by atoms with van der Waals surface area (Å²) in [6, 6.07) is 7.10. The van der Waals surface area contributed by atoms with Crippen molar-refractivity contribution in [1.29, 1.82) is 0 Å². The third kappa shape index (κ3) is 2.43. The number of rotatable bonds is 3. The van der Waals surface area contributed by atoms with Gasteiger partial charge in [0.05, 0.1) is 0 Å². The first-order valence-electron chi connectivity index (χ1n) is 5.19. The molecule has 2 nitrogen and oxygen atoms in total. The van der Waals surface area contributed by atoms with Crippen LogP contribution in [0.25, 0.3) is 0 Å². The van der Waals surface area contributed by atoms with Crippen LogP contribution in [0.2, 0.25) is 0 Å². The third-order valence-electron chi connectivity index (χ3n) is 2.60. The molecule has 0 aliphatic rings. The van der Waals surface area contributed by atoms with Crippen molar-refractivity contribution in [3.8, 4) is 0 Å². The minimum absolute atomic E-state index is 0.246. The summed E-state index contributed by atoms with van der Waals surface area (Å²) in [5.74, 6) is -0.665. The Morgan fingerprint density at radius 2 is 2.18 bits per heavy atom. The zero-order chi connectivity index (χ0) is 12.4. The maximum Gasteiger partial charge on any atom is 0.185 e. The quantitative estimate of drug-likeness (QED) is 0.849. The van der Waals surface area contributed by atoms with Gasteiger partial charge in [-0.3, -0.25) is 4.79 Å². The van der Waals surface area contributed by atoms with E-state index in [1.807, 2.05) is 17.5 Å². The molecule has 2 N–H and O–H groups in total. The average Bonchev–Trinajstić information content (AvgIpc) is 2.84. The maximum absolute atomic E-state index is 13.1. The van der Waals surface area contributed by atoms with Crippen molar-refractivity contribution in [3.05, 3.63) is 57.5 Å². The third-order valence-corrected chi connectivity index (χ3v) is 3.55. The monoisotopic (exact) mass is 249 g/mol. The Labute approximate surface area is 103 Å². The van der Waals surface area contributed by atoms with Crippen LogP contribution in [0, 0.1) is 12.7 Å². The Kier molecular flexibility index (Phi) is 3.36. The summed E-state index contributed by atoms with van der Waals surface area (Å²) in [7, 11) is 0. The number of hydrogen-bond donors (Lipinski definition) is 1. The molecule has 2 rings (SSSR count). The molecule has 88 valence electrons. The van der Waals surface area contributed by atoms with Crippen molar-refractivity contribution in [1.82, 2.24) is 0 Å². The highest BCUT2D eigenvalue weighted by molar-refractivity contribution is 7.10. The molecule has 0 saturated carbocycles. The average molecular weight is 249 g/mol. The molecule has 0 aliphatic carbocycles. The second-order valence-corrected chi connectivity index (χ2v) is 4.80. The fourth-order valence-electron chi connectivity index (χ4n) is 1.62. The highest BCUT2D eigenvalue weighted by Crippen LogP contribution is 2.22. The van der Waals surface area contributed by atoms with E-state index in [9.17, 15) is 9.18 Å². The fraction of sp³-hybridized carbons (Fsp3) is 0.154. The molecule has 1 aromatic heterocycles. The summed E-state index contributed by atoms with van der Waals surface area (Å²) < 4.78 is 13.1. The van der Waals surface area contributed by atoms with Crippen LogP contribution in [-0.4, -0.2) is 5.78 Å². The SMILES string of the molecule is Cc1ccc(F)cc1C(=O)C(N)c1cccs1. The molecule has 0 amide bonds. The molecule has 1 heterocycles. The van der Waals surface area contributed by atoms with Crippen LogP contribution in [0.5, 0.6) is 0 Å². The molecule has 0 aliphatic heterocycles. The van der Waals surface area contributed by atoms with Gasteiger partial charge in [0.25, 0.3) is 0 Å². The van der Waals surface area contributed by atoms with Gasteiger partial charge in [-0.2, -0.15) is 0 Å². The van der Waals surface area contributed by atoms with E-state index in [0.29, 0.717) is 5.56 Å². The van der Waals surface area contributed by atoms with Crippen LogP contribution in [0.3, 0.4) is 0 Å². The molecular formula is C13H12FNOS. The lowest BCUT2D eigenvalue weighted by molar-refractivity contribution is 0.0961. The zero-order valence-corrected chi connectivity index (χ0v) is 10.1. The van der Waals surface area contributed by atoms with Gasteiger partial charge in [0.2, 0.25) is 0 Å². The van der Waals surface area contributed by atoms with Gasteiger partial charge in [0.15, 0.2) is 5.78 Å². The second-order valence-electron chi connectivity index (χ2n) is 3.82. The van der Waals surface area contributed by atoms with Gasteiger partial charge < -0.3 is 5.73 Å². The number of ketones is 1. The van der Waals surface area contributed by atoms with E-state index in [4.69, 9.17) is 5.73 Å². The van der Waals surface area contributed by atoms with Crippen molar-refractivity contribution in [3.63, 3.8) is 0 Å². The Morgan fingerprint density at radius 3 is 2.82 bits per heavy atom. The number of benzene rings is 1. The molecule has 0 saturated heterocycles. The largest absolute Gasteiger partial charge is 0.317 e. The second kappa shape index (κ2) is 4.77. The smallest absolute Gasteiger partial charge is 0.185 e. The maximum atomic E-state index is 13.1. The van der Waals surface area contributed by atoms with Gasteiger partial charge in [-0.05, 0) is 36.1 Å². The number of carbonyl (C=O) groups is 1. The lowest BCUT2D eigenvalue weighted by atomic mass is 9.99. The van der Waals surface area contributed by atoms with Crippen LogP contribution < -0.4 is 5.73 Å². The van der Waals surface area contributed by atoms with E-state index < -0.39 is 11.9 Å². The van der Waals surface area contributed by atoms with Crippen molar-refractivity contribution in [2.75, 3.05) is 0 Å². The predicted octanol–water partition coefficient (Wildman–Crippen LogP) is 3.08. The van der Waals surface area contributed by atoms with Crippen molar-refractivity contribution in [2.45, 2.75) is 13.0 Å². The predicted molar refractivity (Wildman–Crippen MR) is 66.7 cm³/mol. The van der Waals surface area contributed by atoms with Gasteiger partial charge in [0, 0.05) is 10.4 Å². The lowest BCUT2D eigenvalue weighted by Crippen LogP contribution is -2.21. The molecule has 1 aromatic carbocycles. The molecule has 2 aromatic rings. The highest BCUT2D eigenvalue weighted by Gasteiger charge is 2.20. The van der Waals surface area contributed by atoms with Gasteiger partial charge >= 0.3 is 0 Å². The summed E-state index contributed by atoms with van der Waals surface area (Å²) in [4.78, 5) is 12.9. The molecule has 1 atom stereocenters. The summed E-state index contributed by atoms with van der Waals surface area (Å²) in [5, 5.41) is 1.86. The number of nitrogens with two attached hydrogens (primary N) is 1. The van der Waals surface area contributed by atoms with Crippen LogP contribution >= 0.6 is 11.3 Å². The zero-order valence-electron chi connectivity index (χ0n) is 9.31. The highest BCUT2D eigenvalue weighted by atomic mass is 32.1. The number of hydrogen-bond acceptors (Lipinski definition) is 3. The van der Waals surface area contributed by atoms with E-state index in [0.717, 1.165) is 10.4 Å². The Hall–Kier alpha value is -1.52. The Balaban J connectivity index is 2.34.